The molecule has 0 N–H and O–H groups in total. The van der Waals surface area contributed by atoms with Crippen molar-refractivity contribution in [1.82, 2.24) is 0 Å². The number of halogens is 5. The molecule has 0 saturated carbocycles. The number of benzene rings is 1. The molecule has 0 atom stereocenters. The second-order valence-electron chi connectivity index (χ2n) is 3.03. The maximum Gasteiger partial charge on any atom is 0.205 e. The van der Waals surface area contributed by atoms with E-state index in [0.717, 1.165) is 0 Å². The lowest BCUT2D eigenvalue weighted by Gasteiger charge is -2.09. The molecular weight excluding hydrogens is 243 g/mol. The molecule has 0 radical (unpaired) electrons. The van der Waals surface area contributed by atoms with E-state index < -0.39 is 34.6 Å². The van der Waals surface area contributed by atoms with Gasteiger partial charge in [0.25, 0.3) is 0 Å². The van der Waals surface area contributed by atoms with Gasteiger partial charge in [-0.3, -0.25) is 0 Å². The highest BCUT2D eigenvalue weighted by atomic mass is 19.2. The molecule has 1 aromatic rings. The van der Waals surface area contributed by atoms with Crippen LogP contribution in [-0.2, 0) is 0 Å². The zero-order valence-electron chi connectivity index (χ0n) is 8.71. The fourth-order valence-corrected chi connectivity index (χ4v) is 1.10. The van der Waals surface area contributed by atoms with E-state index in [2.05, 4.69) is 4.74 Å². The molecule has 92 valence electrons. The Labute approximate surface area is 94.2 Å². The zero-order chi connectivity index (χ0) is 13.0. The summed E-state index contributed by atoms with van der Waals surface area (Å²) in [5.41, 5.74) is -1.30. The summed E-state index contributed by atoms with van der Waals surface area (Å²) in [5, 5.41) is 0. The van der Waals surface area contributed by atoms with E-state index in [0.29, 0.717) is 12.6 Å². The van der Waals surface area contributed by atoms with Crippen LogP contribution in [0.4, 0.5) is 22.0 Å². The number of ether oxygens (including phenoxy) is 1. The molecule has 0 unspecified atom stereocenters. The molecule has 0 saturated heterocycles. The first-order valence-electron chi connectivity index (χ1n) is 4.64. The largest absolute Gasteiger partial charge is 0.487 e. The predicted octanol–water partition coefficient (Wildman–Crippen LogP) is 3.31. The summed E-state index contributed by atoms with van der Waals surface area (Å²) < 4.78 is 69.1. The SMILES string of the molecule is CCCOc1c(F)c(F)c(C#CF)c(F)c1F. The topological polar surface area (TPSA) is 9.23 Å². The van der Waals surface area contributed by atoms with Crippen LogP contribution in [0.5, 0.6) is 5.75 Å². The van der Waals surface area contributed by atoms with Crippen molar-refractivity contribution >= 4 is 0 Å². The van der Waals surface area contributed by atoms with Gasteiger partial charge in [-0.25, -0.2) is 8.78 Å². The van der Waals surface area contributed by atoms with Gasteiger partial charge in [0, 0.05) is 0 Å². The van der Waals surface area contributed by atoms with Crippen molar-refractivity contribution in [1.29, 1.82) is 0 Å². The fourth-order valence-electron chi connectivity index (χ4n) is 1.10. The van der Waals surface area contributed by atoms with E-state index in [1.54, 1.807) is 6.92 Å². The van der Waals surface area contributed by atoms with Crippen molar-refractivity contribution < 1.29 is 26.7 Å². The summed E-state index contributed by atoms with van der Waals surface area (Å²) in [4.78, 5) is 0. The molecule has 0 bridgehead atoms. The molecule has 0 amide bonds. The maximum absolute atomic E-state index is 13.3. The molecular formula is C11H7F5O. The number of rotatable bonds is 3. The average molecular weight is 250 g/mol. The first-order valence-corrected chi connectivity index (χ1v) is 4.64. The van der Waals surface area contributed by atoms with Crippen molar-refractivity contribution in [3.63, 3.8) is 0 Å². The van der Waals surface area contributed by atoms with E-state index in [9.17, 15) is 22.0 Å². The van der Waals surface area contributed by atoms with Gasteiger partial charge >= 0.3 is 0 Å². The predicted molar refractivity (Wildman–Crippen MR) is 50.0 cm³/mol. The van der Waals surface area contributed by atoms with Crippen LogP contribution in [-0.4, -0.2) is 6.61 Å². The van der Waals surface area contributed by atoms with Crippen LogP contribution in [0.15, 0.2) is 0 Å². The second-order valence-corrected chi connectivity index (χ2v) is 3.03. The highest BCUT2D eigenvalue weighted by molar-refractivity contribution is 5.42. The van der Waals surface area contributed by atoms with Crippen LogP contribution in [0.2, 0.25) is 0 Å². The first-order chi connectivity index (χ1) is 8.04. The smallest absolute Gasteiger partial charge is 0.205 e. The van der Waals surface area contributed by atoms with Crippen molar-refractivity contribution in [3.05, 3.63) is 28.8 Å². The third kappa shape index (κ3) is 2.49. The summed E-state index contributed by atoms with van der Waals surface area (Å²) >= 11 is 0. The van der Waals surface area contributed by atoms with Gasteiger partial charge in [0.05, 0.1) is 6.61 Å². The quantitative estimate of drug-likeness (QED) is 0.454. The Morgan fingerprint density at radius 3 is 1.94 bits per heavy atom. The Morgan fingerprint density at radius 2 is 1.53 bits per heavy atom. The molecule has 0 spiro atoms. The van der Waals surface area contributed by atoms with Gasteiger partial charge < -0.3 is 4.74 Å². The van der Waals surface area contributed by atoms with Crippen LogP contribution in [0.1, 0.15) is 18.9 Å². The molecule has 0 heterocycles. The lowest BCUT2D eigenvalue weighted by Crippen LogP contribution is -2.07. The maximum atomic E-state index is 13.3. The minimum absolute atomic E-state index is 0.110. The van der Waals surface area contributed by atoms with Gasteiger partial charge in [-0.05, 0) is 12.3 Å². The highest BCUT2D eigenvalue weighted by Gasteiger charge is 2.25. The third-order valence-electron chi connectivity index (χ3n) is 1.85. The number of hydrogen-bond donors (Lipinski definition) is 0. The van der Waals surface area contributed by atoms with Crippen LogP contribution in [0.3, 0.4) is 0 Å². The Kier molecular flexibility index (Phi) is 4.32. The first kappa shape index (κ1) is 13.3. The zero-order valence-corrected chi connectivity index (χ0v) is 8.71. The summed E-state index contributed by atoms with van der Waals surface area (Å²) in [7, 11) is 0. The van der Waals surface area contributed by atoms with E-state index in [-0.39, 0.29) is 6.61 Å². The van der Waals surface area contributed by atoms with E-state index in [1.807, 2.05) is 0 Å². The summed E-state index contributed by atoms with van der Waals surface area (Å²) in [6, 6.07) is 0. The lowest BCUT2D eigenvalue weighted by atomic mass is 10.1. The molecule has 1 nitrogen and oxygen atoms in total. The van der Waals surface area contributed by atoms with Gasteiger partial charge in [-0.2, -0.15) is 8.78 Å². The van der Waals surface area contributed by atoms with Crippen molar-refractivity contribution in [2.75, 3.05) is 6.61 Å². The van der Waals surface area contributed by atoms with Crippen LogP contribution in [0, 0.1) is 35.4 Å². The van der Waals surface area contributed by atoms with Crippen LogP contribution < -0.4 is 4.74 Å². The average Bonchev–Trinajstić information content (AvgIpc) is 2.32. The number of hydrogen-bond acceptors (Lipinski definition) is 1. The monoisotopic (exact) mass is 250 g/mol. The Balaban J connectivity index is 3.39. The molecule has 1 aromatic carbocycles. The standard InChI is InChI=1S/C11H7F5O/c1-2-5-17-11-9(15)7(13)6(3-4-12)8(14)10(11)16/h2,5H2,1H3. The molecule has 0 aliphatic rings. The van der Waals surface area contributed by atoms with Gasteiger partial charge in [-0.15, -0.1) is 4.39 Å². The molecule has 6 heteroatoms. The summed E-state index contributed by atoms with van der Waals surface area (Å²) in [5.74, 6) is -6.86. The van der Waals surface area contributed by atoms with E-state index in [1.165, 1.54) is 5.92 Å². The molecule has 0 fully saturated rings. The molecule has 17 heavy (non-hydrogen) atoms. The molecule has 0 aromatic heterocycles. The Morgan fingerprint density at radius 1 is 1.00 bits per heavy atom. The minimum atomic E-state index is -1.78. The second kappa shape index (κ2) is 5.53. The Hall–Kier alpha value is -1.77. The minimum Gasteiger partial charge on any atom is -0.487 e. The van der Waals surface area contributed by atoms with E-state index in [4.69, 9.17) is 0 Å². The summed E-state index contributed by atoms with van der Waals surface area (Å²) in [6.07, 6.45) is 1.08. The summed E-state index contributed by atoms with van der Waals surface area (Å²) in [6.45, 7) is 1.53. The van der Waals surface area contributed by atoms with Gasteiger partial charge in [-0.1, -0.05) is 6.92 Å². The fraction of sp³-hybridized carbons (Fsp3) is 0.273. The highest BCUT2D eigenvalue weighted by Crippen LogP contribution is 2.29. The van der Waals surface area contributed by atoms with E-state index >= 15 is 0 Å². The van der Waals surface area contributed by atoms with Gasteiger partial charge in [0.15, 0.2) is 17.4 Å². The normalized spacial score (nSPS) is 9.76. The van der Waals surface area contributed by atoms with Gasteiger partial charge in [0.1, 0.15) is 11.7 Å². The lowest BCUT2D eigenvalue weighted by molar-refractivity contribution is 0.271. The van der Waals surface area contributed by atoms with Crippen molar-refractivity contribution in [3.8, 4) is 17.8 Å². The van der Waals surface area contributed by atoms with Crippen LogP contribution in [0.25, 0.3) is 0 Å². The van der Waals surface area contributed by atoms with Crippen LogP contribution >= 0.6 is 0 Å². The molecule has 0 aliphatic heterocycles. The van der Waals surface area contributed by atoms with Crippen molar-refractivity contribution in [2.45, 2.75) is 13.3 Å². The molecule has 1 rings (SSSR count). The van der Waals surface area contributed by atoms with Crippen molar-refractivity contribution in [2.24, 2.45) is 0 Å². The Bertz CT molecular complexity index is 458. The third-order valence-corrected chi connectivity index (χ3v) is 1.85. The van der Waals surface area contributed by atoms with Gasteiger partial charge in [0.2, 0.25) is 11.6 Å². The molecule has 0 aliphatic carbocycles.